The van der Waals surface area contributed by atoms with E-state index in [9.17, 15) is 12.8 Å². The average molecular weight is 303 g/mol. The van der Waals surface area contributed by atoms with Crippen molar-refractivity contribution in [1.82, 2.24) is 4.72 Å². The van der Waals surface area contributed by atoms with Crippen LogP contribution in [0.2, 0.25) is 0 Å². The molecule has 1 unspecified atom stereocenters. The largest absolute Gasteiger partial charge is 0.392 e. The van der Waals surface area contributed by atoms with Gasteiger partial charge in [-0.2, -0.15) is 0 Å². The lowest BCUT2D eigenvalue weighted by molar-refractivity contribution is 0.262. The zero-order valence-electron chi connectivity index (χ0n) is 12.3. The van der Waals surface area contributed by atoms with Crippen LogP contribution in [-0.4, -0.2) is 20.1 Å². The van der Waals surface area contributed by atoms with E-state index in [2.05, 4.69) is 4.72 Å². The van der Waals surface area contributed by atoms with Gasteiger partial charge in [0.1, 0.15) is 5.82 Å². The van der Waals surface area contributed by atoms with Crippen molar-refractivity contribution in [2.24, 2.45) is 11.3 Å². The first kappa shape index (κ1) is 17.1. The highest BCUT2D eigenvalue weighted by molar-refractivity contribution is 7.89. The smallest absolute Gasteiger partial charge is 0.241 e. The van der Waals surface area contributed by atoms with Crippen LogP contribution in [0.1, 0.15) is 33.3 Å². The number of hydrogen-bond acceptors (Lipinski definition) is 3. The standard InChI is InChI=1S/C14H22FNO3S/c1-10(14(2,3)4)8-16-20(18,19)13-7-12(15)6-5-11(13)9-17/h5-7,10,16-17H,8-9H2,1-4H3. The summed E-state index contributed by atoms with van der Waals surface area (Å²) in [5.74, 6) is -0.533. The lowest BCUT2D eigenvalue weighted by Crippen LogP contribution is -2.34. The summed E-state index contributed by atoms with van der Waals surface area (Å²) in [6.07, 6.45) is 0. The molecule has 6 heteroatoms. The van der Waals surface area contributed by atoms with E-state index in [-0.39, 0.29) is 28.3 Å². The fraction of sp³-hybridized carbons (Fsp3) is 0.571. The van der Waals surface area contributed by atoms with Gasteiger partial charge in [0.2, 0.25) is 10.0 Å². The van der Waals surface area contributed by atoms with E-state index in [0.717, 1.165) is 12.1 Å². The first-order valence-corrected chi connectivity index (χ1v) is 7.95. The molecule has 0 saturated carbocycles. The maximum Gasteiger partial charge on any atom is 0.241 e. The van der Waals surface area contributed by atoms with Gasteiger partial charge < -0.3 is 5.11 Å². The molecule has 0 saturated heterocycles. The van der Waals surface area contributed by atoms with Gasteiger partial charge >= 0.3 is 0 Å². The second-order valence-electron chi connectivity index (χ2n) is 6.03. The number of nitrogens with one attached hydrogen (secondary N) is 1. The third-order valence-corrected chi connectivity index (χ3v) is 5.05. The molecular weight excluding hydrogens is 281 g/mol. The van der Waals surface area contributed by atoms with Crippen molar-refractivity contribution in [2.75, 3.05) is 6.54 Å². The van der Waals surface area contributed by atoms with Gasteiger partial charge in [0.25, 0.3) is 0 Å². The highest BCUT2D eigenvalue weighted by Gasteiger charge is 2.24. The molecule has 114 valence electrons. The Kier molecular flexibility index (Phi) is 5.29. The van der Waals surface area contributed by atoms with E-state index in [1.807, 2.05) is 27.7 Å². The van der Waals surface area contributed by atoms with Gasteiger partial charge in [-0.25, -0.2) is 17.5 Å². The van der Waals surface area contributed by atoms with E-state index >= 15 is 0 Å². The number of sulfonamides is 1. The molecule has 0 radical (unpaired) electrons. The van der Waals surface area contributed by atoms with Gasteiger partial charge in [-0.3, -0.25) is 0 Å². The quantitative estimate of drug-likeness (QED) is 0.877. The first-order chi connectivity index (χ1) is 9.08. The molecule has 0 amide bonds. The Morgan fingerprint density at radius 2 is 1.95 bits per heavy atom. The first-order valence-electron chi connectivity index (χ1n) is 6.47. The van der Waals surface area contributed by atoms with Crippen LogP contribution < -0.4 is 4.72 Å². The van der Waals surface area contributed by atoms with Crippen LogP contribution in [0.4, 0.5) is 4.39 Å². The molecule has 0 aliphatic carbocycles. The van der Waals surface area contributed by atoms with Crippen molar-refractivity contribution in [3.63, 3.8) is 0 Å². The van der Waals surface area contributed by atoms with E-state index < -0.39 is 22.4 Å². The van der Waals surface area contributed by atoms with Gasteiger partial charge in [-0.15, -0.1) is 0 Å². The third kappa shape index (κ3) is 4.26. The van der Waals surface area contributed by atoms with Crippen LogP contribution in [0.5, 0.6) is 0 Å². The maximum absolute atomic E-state index is 13.2. The van der Waals surface area contributed by atoms with Gasteiger partial charge in [0.05, 0.1) is 11.5 Å². The molecule has 1 rings (SSSR count). The minimum absolute atomic E-state index is 0.0374. The van der Waals surface area contributed by atoms with Gasteiger partial charge in [0.15, 0.2) is 0 Å². The summed E-state index contributed by atoms with van der Waals surface area (Å²) in [6.45, 7) is 7.81. The number of benzene rings is 1. The highest BCUT2D eigenvalue weighted by Crippen LogP contribution is 2.25. The second-order valence-corrected chi connectivity index (χ2v) is 7.76. The van der Waals surface area contributed by atoms with Crippen molar-refractivity contribution >= 4 is 10.0 Å². The fourth-order valence-electron chi connectivity index (χ4n) is 1.53. The van der Waals surface area contributed by atoms with Crippen LogP contribution in [0.15, 0.2) is 23.1 Å². The SMILES string of the molecule is CC(CNS(=O)(=O)c1cc(F)ccc1CO)C(C)(C)C. The molecule has 0 fully saturated rings. The Morgan fingerprint density at radius 1 is 1.35 bits per heavy atom. The topological polar surface area (TPSA) is 66.4 Å². The molecule has 0 bridgehead atoms. The van der Waals surface area contributed by atoms with E-state index in [1.54, 1.807) is 0 Å². The molecular formula is C14H22FNO3S. The van der Waals surface area contributed by atoms with E-state index in [0.29, 0.717) is 0 Å². The molecule has 20 heavy (non-hydrogen) atoms. The number of rotatable bonds is 5. The fourth-order valence-corrected chi connectivity index (χ4v) is 2.90. The Hall–Kier alpha value is -0.980. The van der Waals surface area contributed by atoms with Gasteiger partial charge in [-0.05, 0) is 29.0 Å². The molecule has 0 aliphatic heterocycles. The lowest BCUT2D eigenvalue weighted by Gasteiger charge is -2.27. The molecule has 2 N–H and O–H groups in total. The monoisotopic (exact) mass is 303 g/mol. The second kappa shape index (κ2) is 6.20. The lowest BCUT2D eigenvalue weighted by atomic mass is 9.82. The summed E-state index contributed by atoms with van der Waals surface area (Å²) in [6, 6.07) is 3.33. The summed E-state index contributed by atoms with van der Waals surface area (Å²) in [5.41, 5.74) is 0.145. The van der Waals surface area contributed by atoms with Crippen molar-refractivity contribution in [1.29, 1.82) is 0 Å². The zero-order chi connectivity index (χ0) is 15.6. The number of hydrogen-bond donors (Lipinski definition) is 2. The number of aliphatic hydroxyl groups is 1. The number of halogens is 1. The maximum atomic E-state index is 13.2. The van der Waals surface area contributed by atoms with Crippen molar-refractivity contribution in [2.45, 2.75) is 39.2 Å². The van der Waals surface area contributed by atoms with Crippen LogP contribution in [0.3, 0.4) is 0 Å². The Labute approximate surface area is 120 Å². The Morgan fingerprint density at radius 3 is 2.45 bits per heavy atom. The zero-order valence-corrected chi connectivity index (χ0v) is 13.1. The van der Waals surface area contributed by atoms with Gasteiger partial charge in [0, 0.05) is 6.54 Å². The van der Waals surface area contributed by atoms with Gasteiger partial charge in [-0.1, -0.05) is 33.8 Å². The summed E-state index contributed by atoms with van der Waals surface area (Å²) in [7, 11) is -3.83. The van der Waals surface area contributed by atoms with Crippen LogP contribution in [0, 0.1) is 17.2 Å². The van der Waals surface area contributed by atoms with Crippen LogP contribution in [-0.2, 0) is 16.6 Å². The normalized spacial score (nSPS) is 14.3. The Balaban J connectivity index is 2.98. The molecule has 0 spiro atoms. The highest BCUT2D eigenvalue weighted by atomic mass is 32.2. The predicted octanol–water partition coefficient (Wildman–Crippen LogP) is 2.28. The summed E-state index contributed by atoms with van der Waals surface area (Å²) in [4.78, 5) is -0.207. The van der Waals surface area contributed by atoms with Crippen molar-refractivity contribution < 1.29 is 17.9 Å². The number of aliphatic hydroxyl groups excluding tert-OH is 1. The summed E-state index contributed by atoms with van der Waals surface area (Å²) < 4.78 is 40.1. The summed E-state index contributed by atoms with van der Waals surface area (Å²) in [5, 5.41) is 9.16. The molecule has 0 aromatic heterocycles. The van der Waals surface area contributed by atoms with E-state index in [4.69, 9.17) is 5.11 Å². The third-order valence-electron chi connectivity index (χ3n) is 3.55. The molecule has 4 nitrogen and oxygen atoms in total. The minimum Gasteiger partial charge on any atom is -0.392 e. The van der Waals surface area contributed by atoms with Crippen LogP contribution >= 0.6 is 0 Å². The predicted molar refractivity (Wildman–Crippen MR) is 76.1 cm³/mol. The van der Waals surface area contributed by atoms with Crippen LogP contribution in [0.25, 0.3) is 0 Å². The molecule has 1 atom stereocenters. The van der Waals surface area contributed by atoms with Crippen molar-refractivity contribution in [3.8, 4) is 0 Å². The minimum atomic E-state index is -3.83. The summed E-state index contributed by atoms with van der Waals surface area (Å²) >= 11 is 0. The molecule has 1 aromatic carbocycles. The molecule has 1 aromatic rings. The van der Waals surface area contributed by atoms with Crippen molar-refractivity contribution in [3.05, 3.63) is 29.6 Å². The van der Waals surface area contributed by atoms with E-state index in [1.165, 1.54) is 6.07 Å². The average Bonchev–Trinajstić information content (AvgIpc) is 2.34. The molecule has 0 aliphatic rings. The molecule has 0 heterocycles. The Bertz CT molecular complexity index is 564.